The zero-order valence-corrected chi connectivity index (χ0v) is 11.8. The van der Waals surface area contributed by atoms with E-state index in [9.17, 15) is 0 Å². The largest absolute Gasteiger partial charge is 0.487 e. The standard InChI is InChI=1S/C13H20BN3O2/c1-12(2)13(3,4)19-14(18-12)6-5-10-7-11(17-15)9-16-8-10/h5-9,17H,15H2,1-4H3/b6-5+. The van der Waals surface area contributed by atoms with Crippen molar-refractivity contribution < 1.29 is 9.31 Å². The van der Waals surface area contributed by atoms with Crippen LogP contribution in [0.1, 0.15) is 33.3 Å². The summed E-state index contributed by atoms with van der Waals surface area (Å²) in [6, 6.07) is 1.90. The molecule has 3 N–H and O–H groups in total. The van der Waals surface area contributed by atoms with Crippen LogP contribution in [0.5, 0.6) is 0 Å². The number of nitrogens with zero attached hydrogens (tertiary/aromatic N) is 1. The highest BCUT2D eigenvalue weighted by atomic mass is 16.7. The maximum Gasteiger partial charge on any atom is 0.487 e. The zero-order valence-electron chi connectivity index (χ0n) is 11.8. The molecule has 2 rings (SSSR count). The monoisotopic (exact) mass is 261 g/mol. The molecule has 5 nitrogen and oxygen atoms in total. The van der Waals surface area contributed by atoms with E-state index in [-0.39, 0.29) is 18.3 Å². The van der Waals surface area contributed by atoms with E-state index in [0.717, 1.165) is 11.3 Å². The van der Waals surface area contributed by atoms with E-state index in [1.165, 1.54) is 0 Å². The van der Waals surface area contributed by atoms with E-state index < -0.39 is 0 Å². The van der Waals surface area contributed by atoms with Crippen LogP contribution in [0.2, 0.25) is 0 Å². The van der Waals surface area contributed by atoms with Crippen molar-refractivity contribution in [1.82, 2.24) is 4.98 Å². The van der Waals surface area contributed by atoms with Crippen LogP contribution in [0.25, 0.3) is 6.08 Å². The highest BCUT2D eigenvalue weighted by molar-refractivity contribution is 6.52. The molecule has 0 radical (unpaired) electrons. The molecule has 0 aromatic carbocycles. The van der Waals surface area contributed by atoms with Gasteiger partial charge in [0.25, 0.3) is 0 Å². The summed E-state index contributed by atoms with van der Waals surface area (Å²) in [5, 5.41) is 0. The van der Waals surface area contributed by atoms with Crippen LogP contribution in [0.4, 0.5) is 5.69 Å². The Balaban J connectivity index is 2.08. The number of rotatable bonds is 3. The van der Waals surface area contributed by atoms with E-state index in [0.29, 0.717) is 0 Å². The van der Waals surface area contributed by atoms with Gasteiger partial charge in [0.05, 0.1) is 23.1 Å². The summed E-state index contributed by atoms with van der Waals surface area (Å²) in [7, 11) is -0.348. The number of anilines is 1. The van der Waals surface area contributed by atoms with Crippen LogP contribution in [0.3, 0.4) is 0 Å². The minimum absolute atomic E-state index is 0.319. The molecule has 0 unspecified atom stereocenters. The van der Waals surface area contributed by atoms with Gasteiger partial charge in [-0.3, -0.25) is 10.8 Å². The first-order chi connectivity index (χ1) is 8.84. The van der Waals surface area contributed by atoms with E-state index in [2.05, 4.69) is 10.4 Å². The fourth-order valence-corrected chi connectivity index (χ4v) is 1.78. The summed E-state index contributed by atoms with van der Waals surface area (Å²) in [6.45, 7) is 8.12. The zero-order chi connectivity index (χ0) is 14.1. The van der Waals surface area contributed by atoms with Gasteiger partial charge in [-0.25, -0.2) is 0 Å². The van der Waals surface area contributed by atoms with Crippen molar-refractivity contribution in [3.63, 3.8) is 0 Å². The third-order valence-electron chi connectivity index (χ3n) is 3.64. The molecule has 1 aliphatic heterocycles. The Bertz CT molecular complexity index is 473. The molecule has 2 heterocycles. The Hall–Kier alpha value is -1.37. The Kier molecular flexibility index (Phi) is 3.67. The van der Waals surface area contributed by atoms with Crippen molar-refractivity contribution in [2.45, 2.75) is 38.9 Å². The van der Waals surface area contributed by atoms with Gasteiger partial charge in [0.15, 0.2) is 0 Å². The quantitative estimate of drug-likeness (QED) is 0.495. The molecule has 0 atom stereocenters. The molecule has 1 aromatic rings. The third-order valence-corrected chi connectivity index (χ3v) is 3.64. The second kappa shape index (κ2) is 4.96. The number of nitrogens with two attached hydrogens (primary N) is 1. The fraction of sp³-hybridized carbons (Fsp3) is 0.462. The lowest BCUT2D eigenvalue weighted by Crippen LogP contribution is -2.41. The molecular formula is C13H20BN3O2. The molecule has 6 heteroatoms. The first kappa shape index (κ1) is 14.1. The molecule has 102 valence electrons. The SMILES string of the molecule is CC1(C)OB(/C=C/c2cncc(NN)c2)OC1(C)C. The van der Waals surface area contributed by atoms with Crippen molar-refractivity contribution in [1.29, 1.82) is 0 Å². The van der Waals surface area contributed by atoms with Gasteiger partial charge in [-0.05, 0) is 39.3 Å². The summed E-state index contributed by atoms with van der Waals surface area (Å²) >= 11 is 0. The first-order valence-electron chi connectivity index (χ1n) is 6.29. The normalized spacial score (nSPS) is 21.0. The van der Waals surface area contributed by atoms with E-state index in [1.54, 1.807) is 12.4 Å². The van der Waals surface area contributed by atoms with Gasteiger partial charge >= 0.3 is 7.12 Å². The lowest BCUT2D eigenvalue weighted by atomic mass is 9.89. The topological polar surface area (TPSA) is 69.4 Å². The van der Waals surface area contributed by atoms with Crippen molar-refractivity contribution in [3.8, 4) is 0 Å². The number of pyridine rings is 1. The maximum atomic E-state index is 5.87. The predicted octanol–water partition coefficient (Wildman–Crippen LogP) is 2.01. The molecule has 1 saturated heterocycles. The minimum Gasteiger partial charge on any atom is -0.400 e. The lowest BCUT2D eigenvalue weighted by Gasteiger charge is -2.32. The molecule has 1 aromatic heterocycles. The summed E-state index contributed by atoms with van der Waals surface area (Å²) in [6.07, 6.45) is 5.32. The van der Waals surface area contributed by atoms with Crippen molar-refractivity contribution >= 4 is 18.9 Å². The first-order valence-corrected chi connectivity index (χ1v) is 6.29. The average Bonchev–Trinajstić information content (AvgIpc) is 2.56. The van der Waals surface area contributed by atoms with Crippen molar-refractivity contribution in [3.05, 3.63) is 30.0 Å². The van der Waals surface area contributed by atoms with Crippen LogP contribution >= 0.6 is 0 Å². The number of hydrogen-bond acceptors (Lipinski definition) is 5. The van der Waals surface area contributed by atoms with Gasteiger partial charge in [-0.15, -0.1) is 0 Å². The molecule has 1 fully saturated rings. The van der Waals surface area contributed by atoms with Gasteiger partial charge in [0, 0.05) is 6.20 Å². The van der Waals surface area contributed by atoms with E-state index in [1.807, 2.05) is 45.8 Å². The van der Waals surface area contributed by atoms with Crippen LogP contribution in [0.15, 0.2) is 24.4 Å². The third kappa shape index (κ3) is 2.97. The Morgan fingerprint density at radius 2 is 1.84 bits per heavy atom. The van der Waals surface area contributed by atoms with Crippen molar-refractivity contribution in [2.75, 3.05) is 5.43 Å². The summed E-state index contributed by atoms with van der Waals surface area (Å²) < 4.78 is 11.7. The van der Waals surface area contributed by atoms with Crippen LogP contribution in [0, 0.1) is 0 Å². The fourth-order valence-electron chi connectivity index (χ4n) is 1.78. The summed E-state index contributed by atoms with van der Waals surface area (Å²) in [4.78, 5) is 4.08. The predicted molar refractivity (Wildman–Crippen MR) is 77.2 cm³/mol. The van der Waals surface area contributed by atoms with E-state index in [4.69, 9.17) is 15.2 Å². The molecule has 0 bridgehead atoms. The second-order valence-electron chi connectivity index (χ2n) is 5.64. The Labute approximate surface area is 114 Å². The summed E-state index contributed by atoms with van der Waals surface area (Å²) in [5.74, 6) is 7.23. The molecule has 0 aliphatic carbocycles. The van der Waals surface area contributed by atoms with Gasteiger partial charge in [-0.2, -0.15) is 0 Å². The Morgan fingerprint density at radius 1 is 1.21 bits per heavy atom. The minimum atomic E-state index is -0.348. The number of aromatic nitrogens is 1. The number of hydrogen-bond donors (Lipinski definition) is 2. The van der Waals surface area contributed by atoms with E-state index >= 15 is 0 Å². The molecular weight excluding hydrogens is 241 g/mol. The molecule has 19 heavy (non-hydrogen) atoms. The number of nitrogen functional groups attached to an aromatic ring is 1. The van der Waals surface area contributed by atoms with Gasteiger partial charge in [0.2, 0.25) is 0 Å². The van der Waals surface area contributed by atoms with Gasteiger partial charge in [-0.1, -0.05) is 12.1 Å². The van der Waals surface area contributed by atoms with Crippen LogP contribution in [-0.4, -0.2) is 23.3 Å². The number of hydrazine groups is 1. The molecule has 0 spiro atoms. The lowest BCUT2D eigenvalue weighted by molar-refractivity contribution is 0.00578. The smallest absolute Gasteiger partial charge is 0.400 e. The molecule has 0 saturated carbocycles. The van der Waals surface area contributed by atoms with Gasteiger partial charge < -0.3 is 14.7 Å². The highest BCUT2D eigenvalue weighted by Gasteiger charge is 2.49. The Morgan fingerprint density at radius 3 is 2.42 bits per heavy atom. The second-order valence-corrected chi connectivity index (χ2v) is 5.64. The number of nitrogens with one attached hydrogen (secondary N) is 1. The maximum absolute atomic E-state index is 5.87. The average molecular weight is 261 g/mol. The van der Waals surface area contributed by atoms with Crippen LogP contribution < -0.4 is 11.3 Å². The molecule has 0 amide bonds. The summed E-state index contributed by atoms with van der Waals surface area (Å²) in [5.41, 5.74) is 3.62. The van der Waals surface area contributed by atoms with Crippen LogP contribution in [-0.2, 0) is 9.31 Å². The molecule has 1 aliphatic rings. The highest BCUT2D eigenvalue weighted by Crippen LogP contribution is 2.36. The van der Waals surface area contributed by atoms with Gasteiger partial charge in [0.1, 0.15) is 0 Å². The van der Waals surface area contributed by atoms with Crippen molar-refractivity contribution in [2.24, 2.45) is 5.84 Å².